The number of rotatable bonds is 3. The van der Waals surface area contributed by atoms with E-state index in [-0.39, 0.29) is 0 Å². The minimum atomic E-state index is 0.344. The number of aromatic nitrogens is 4. The van der Waals surface area contributed by atoms with E-state index in [0.29, 0.717) is 17.4 Å². The van der Waals surface area contributed by atoms with E-state index in [9.17, 15) is 0 Å². The van der Waals surface area contributed by atoms with Gasteiger partial charge in [0.2, 0.25) is 0 Å². The number of nitrogens with one attached hydrogen (secondary N) is 1. The molecule has 1 aromatic carbocycles. The van der Waals surface area contributed by atoms with E-state index in [1.807, 2.05) is 61.9 Å². The van der Waals surface area contributed by atoms with Crippen molar-refractivity contribution in [1.82, 2.24) is 19.7 Å². The van der Waals surface area contributed by atoms with Crippen LogP contribution in [0.2, 0.25) is 0 Å². The zero-order valence-electron chi connectivity index (χ0n) is 13.6. The maximum atomic E-state index is 5.53. The molecule has 120 valence electrons. The Morgan fingerprint density at radius 1 is 1.17 bits per heavy atom. The predicted octanol–water partition coefficient (Wildman–Crippen LogP) is 3.25. The molecule has 0 aliphatic heterocycles. The Labute approximate surface area is 138 Å². The fourth-order valence-electron chi connectivity index (χ4n) is 2.67. The third-order valence-electron chi connectivity index (χ3n) is 3.93. The van der Waals surface area contributed by atoms with Gasteiger partial charge in [0.1, 0.15) is 22.7 Å². The Balaban J connectivity index is 1.70. The third-order valence-corrected chi connectivity index (χ3v) is 3.93. The molecule has 0 aliphatic rings. The van der Waals surface area contributed by atoms with Crippen LogP contribution in [0.15, 0.2) is 45.9 Å². The Bertz CT molecular complexity index is 1080. The average molecular weight is 320 g/mol. The number of anilines is 1. The molecule has 0 bridgehead atoms. The number of nitrogens with zero attached hydrogens (tertiary/aromatic N) is 5. The number of benzene rings is 1. The molecule has 0 unspecified atom stereocenters. The van der Waals surface area contributed by atoms with E-state index in [1.54, 1.807) is 0 Å². The predicted molar refractivity (Wildman–Crippen MR) is 93.1 cm³/mol. The van der Waals surface area contributed by atoms with Crippen molar-refractivity contribution in [3.05, 3.63) is 47.9 Å². The Kier molecular flexibility index (Phi) is 3.26. The van der Waals surface area contributed by atoms with Crippen LogP contribution in [0.3, 0.4) is 0 Å². The number of hydrazone groups is 1. The first-order valence-corrected chi connectivity index (χ1v) is 7.58. The van der Waals surface area contributed by atoms with Gasteiger partial charge in [-0.25, -0.2) is 5.43 Å². The minimum absolute atomic E-state index is 0.344. The lowest BCUT2D eigenvalue weighted by atomic mass is 10.2. The molecule has 0 saturated carbocycles. The van der Waals surface area contributed by atoms with Crippen LogP contribution < -0.4 is 5.43 Å². The van der Waals surface area contributed by atoms with E-state index >= 15 is 0 Å². The average Bonchev–Trinajstić information content (AvgIpc) is 3.16. The number of furan rings is 1. The number of hydrogen-bond donors (Lipinski definition) is 1. The highest BCUT2D eigenvalue weighted by atomic mass is 16.3. The van der Waals surface area contributed by atoms with Crippen molar-refractivity contribution in [1.29, 1.82) is 0 Å². The number of aryl methyl sites for hydroxylation is 2. The van der Waals surface area contributed by atoms with E-state index < -0.39 is 0 Å². The van der Waals surface area contributed by atoms with Crippen LogP contribution in [0, 0.1) is 6.92 Å². The number of fused-ring (bicyclic) bond motifs is 3. The molecule has 4 rings (SSSR count). The molecule has 4 aromatic rings. The van der Waals surface area contributed by atoms with Gasteiger partial charge in [0, 0.05) is 12.4 Å². The van der Waals surface area contributed by atoms with Crippen LogP contribution in [0.5, 0.6) is 0 Å². The fourth-order valence-corrected chi connectivity index (χ4v) is 2.67. The molecule has 1 N–H and O–H groups in total. The van der Waals surface area contributed by atoms with Crippen LogP contribution in [0.4, 0.5) is 5.95 Å². The van der Waals surface area contributed by atoms with Gasteiger partial charge in [-0.1, -0.05) is 18.2 Å². The SMILES string of the molecule is C/C(=N\Nc1nnc2c3ccccc3n(C)c2n1)c1ccc(C)o1. The topological polar surface area (TPSA) is 81.1 Å². The van der Waals surface area contributed by atoms with Crippen molar-refractivity contribution >= 4 is 33.7 Å². The normalized spacial score (nSPS) is 12.2. The van der Waals surface area contributed by atoms with Gasteiger partial charge in [-0.3, -0.25) is 0 Å². The van der Waals surface area contributed by atoms with Gasteiger partial charge < -0.3 is 8.98 Å². The van der Waals surface area contributed by atoms with Crippen LogP contribution in [0.1, 0.15) is 18.4 Å². The summed E-state index contributed by atoms with van der Waals surface area (Å²) in [7, 11) is 1.96. The van der Waals surface area contributed by atoms with Crippen molar-refractivity contribution in [2.75, 3.05) is 5.43 Å². The summed E-state index contributed by atoms with van der Waals surface area (Å²) in [5.41, 5.74) is 6.16. The Hall–Kier alpha value is -3.22. The van der Waals surface area contributed by atoms with Gasteiger partial charge in [0.25, 0.3) is 5.95 Å². The summed E-state index contributed by atoms with van der Waals surface area (Å²) in [6.45, 7) is 3.75. The summed E-state index contributed by atoms with van der Waals surface area (Å²) in [5, 5.41) is 13.7. The lowest BCUT2D eigenvalue weighted by Gasteiger charge is -2.01. The third kappa shape index (κ3) is 2.30. The number of hydrogen-bond acceptors (Lipinski definition) is 6. The van der Waals surface area contributed by atoms with E-state index in [1.165, 1.54) is 0 Å². The Morgan fingerprint density at radius 2 is 2.00 bits per heavy atom. The Morgan fingerprint density at radius 3 is 2.79 bits per heavy atom. The first kappa shape index (κ1) is 14.4. The monoisotopic (exact) mass is 320 g/mol. The van der Waals surface area contributed by atoms with Crippen molar-refractivity contribution in [3.63, 3.8) is 0 Å². The highest BCUT2D eigenvalue weighted by molar-refractivity contribution is 6.04. The smallest absolute Gasteiger partial charge is 0.265 e. The molecule has 0 aliphatic carbocycles. The van der Waals surface area contributed by atoms with Gasteiger partial charge >= 0.3 is 0 Å². The second-order valence-electron chi connectivity index (χ2n) is 5.60. The molecule has 0 atom stereocenters. The second kappa shape index (κ2) is 5.45. The van der Waals surface area contributed by atoms with Crippen LogP contribution in [0.25, 0.3) is 22.1 Å². The summed E-state index contributed by atoms with van der Waals surface area (Å²) in [6, 6.07) is 11.8. The van der Waals surface area contributed by atoms with Gasteiger partial charge in [-0.05, 0) is 32.0 Å². The first-order valence-electron chi connectivity index (χ1n) is 7.58. The summed E-state index contributed by atoms with van der Waals surface area (Å²) < 4.78 is 7.53. The summed E-state index contributed by atoms with van der Waals surface area (Å²) in [6.07, 6.45) is 0. The standard InChI is InChI=1S/C17H16N6O/c1-10-8-9-14(24-10)11(2)19-21-17-18-16-15(20-22-17)12-6-4-5-7-13(12)23(16)3/h4-9H,1-3H3,(H,18,21,22)/b19-11+. The molecule has 3 aromatic heterocycles. The first-order chi connectivity index (χ1) is 11.6. The van der Waals surface area contributed by atoms with Gasteiger partial charge in [0.05, 0.1) is 5.52 Å². The molecule has 7 nitrogen and oxygen atoms in total. The zero-order chi connectivity index (χ0) is 16.7. The molecule has 0 fully saturated rings. The van der Waals surface area contributed by atoms with E-state index in [0.717, 1.165) is 27.8 Å². The van der Waals surface area contributed by atoms with E-state index in [2.05, 4.69) is 25.7 Å². The highest BCUT2D eigenvalue weighted by Gasteiger charge is 2.12. The summed E-state index contributed by atoms with van der Waals surface area (Å²) in [5.74, 6) is 1.89. The molecule has 0 spiro atoms. The van der Waals surface area contributed by atoms with Crippen molar-refractivity contribution in [2.24, 2.45) is 12.1 Å². The van der Waals surface area contributed by atoms with Crippen LogP contribution >= 0.6 is 0 Å². The molecular formula is C17H16N6O. The fraction of sp³-hybridized carbons (Fsp3) is 0.176. The largest absolute Gasteiger partial charge is 0.460 e. The van der Waals surface area contributed by atoms with Gasteiger partial charge in [-0.15, -0.1) is 10.2 Å². The molecule has 3 heterocycles. The second-order valence-corrected chi connectivity index (χ2v) is 5.60. The summed E-state index contributed by atoms with van der Waals surface area (Å²) >= 11 is 0. The van der Waals surface area contributed by atoms with Crippen LogP contribution in [-0.2, 0) is 7.05 Å². The quantitative estimate of drug-likeness (QED) is 0.463. The van der Waals surface area contributed by atoms with Crippen molar-refractivity contribution in [3.8, 4) is 0 Å². The molecular weight excluding hydrogens is 304 g/mol. The number of para-hydroxylation sites is 1. The van der Waals surface area contributed by atoms with E-state index in [4.69, 9.17) is 4.42 Å². The lowest BCUT2D eigenvalue weighted by Crippen LogP contribution is -2.03. The lowest BCUT2D eigenvalue weighted by molar-refractivity contribution is 0.525. The molecule has 0 amide bonds. The van der Waals surface area contributed by atoms with Crippen LogP contribution in [-0.4, -0.2) is 25.5 Å². The zero-order valence-corrected chi connectivity index (χ0v) is 13.6. The molecule has 0 radical (unpaired) electrons. The molecule has 24 heavy (non-hydrogen) atoms. The highest BCUT2D eigenvalue weighted by Crippen LogP contribution is 2.24. The molecule has 7 heteroatoms. The maximum Gasteiger partial charge on any atom is 0.265 e. The molecule has 0 saturated heterocycles. The van der Waals surface area contributed by atoms with Crippen molar-refractivity contribution < 1.29 is 4.42 Å². The summed E-state index contributed by atoms with van der Waals surface area (Å²) in [4.78, 5) is 4.52. The van der Waals surface area contributed by atoms with Crippen molar-refractivity contribution in [2.45, 2.75) is 13.8 Å². The van der Waals surface area contributed by atoms with Gasteiger partial charge in [-0.2, -0.15) is 10.1 Å². The van der Waals surface area contributed by atoms with Gasteiger partial charge in [0.15, 0.2) is 5.65 Å². The minimum Gasteiger partial charge on any atom is -0.460 e. The maximum absolute atomic E-state index is 5.53.